The molecule has 3 atom stereocenters. The topological polar surface area (TPSA) is 86.8 Å². The molecule has 5 heteroatoms. The molecule has 0 aromatic rings. The maximum atomic E-state index is 11.2. The summed E-state index contributed by atoms with van der Waals surface area (Å²) in [5.74, 6) is -0.231. The Bertz CT molecular complexity index is 173. The third-order valence-electron chi connectivity index (χ3n) is 1.96. The lowest BCUT2D eigenvalue weighted by Gasteiger charge is -2.17. The molecular weight excluding hydrogens is 160 g/mol. The minimum absolute atomic E-state index is 0.182. The van der Waals surface area contributed by atoms with Gasteiger partial charge in [0, 0.05) is 13.1 Å². The second kappa shape index (κ2) is 3.38. The smallest absolute Gasteiger partial charge is 0.239 e. The quantitative estimate of drug-likeness (QED) is 0.425. The van der Waals surface area contributed by atoms with Gasteiger partial charge in [0.1, 0.15) is 0 Å². The number of hydrogen-bond acceptors (Lipinski definition) is 4. The summed E-state index contributed by atoms with van der Waals surface area (Å²) in [6.07, 6.45) is -1.65. The molecule has 0 aromatic heterocycles. The number of likely N-dealkylation sites (tertiary alicyclic amines) is 1. The van der Waals surface area contributed by atoms with Gasteiger partial charge in [0.25, 0.3) is 0 Å². The molecule has 0 aliphatic carbocycles. The maximum Gasteiger partial charge on any atom is 0.239 e. The lowest BCUT2D eigenvalue weighted by atomic mass is 10.3. The van der Waals surface area contributed by atoms with Gasteiger partial charge in [-0.05, 0) is 6.92 Å². The van der Waals surface area contributed by atoms with Gasteiger partial charge in [0.15, 0.2) is 0 Å². The number of rotatable bonds is 1. The van der Waals surface area contributed by atoms with E-state index in [1.165, 1.54) is 4.90 Å². The first-order valence-corrected chi connectivity index (χ1v) is 3.93. The Morgan fingerprint density at radius 1 is 1.50 bits per heavy atom. The monoisotopic (exact) mass is 174 g/mol. The summed E-state index contributed by atoms with van der Waals surface area (Å²) in [6.45, 7) is 1.95. The van der Waals surface area contributed by atoms with Crippen molar-refractivity contribution >= 4 is 5.91 Å². The first-order chi connectivity index (χ1) is 5.52. The highest BCUT2D eigenvalue weighted by molar-refractivity contribution is 5.81. The second-order valence-corrected chi connectivity index (χ2v) is 3.17. The van der Waals surface area contributed by atoms with Crippen molar-refractivity contribution < 1.29 is 15.0 Å². The summed E-state index contributed by atoms with van der Waals surface area (Å²) in [6, 6.07) is -0.567. The number of amides is 1. The zero-order valence-electron chi connectivity index (χ0n) is 6.97. The van der Waals surface area contributed by atoms with Gasteiger partial charge >= 0.3 is 0 Å². The molecule has 70 valence electrons. The molecule has 1 rings (SSSR count). The molecule has 1 fully saturated rings. The number of hydrogen-bond donors (Lipinski definition) is 3. The Labute approximate surface area is 70.8 Å². The fourth-order valence-electron chi connectivity index (χ4n) is 1.24. The zero-order chi connectivity index (χ0) is 9.30. The Hall–Kier alpha value is -0.650. The molecule has 0 saturated carbocycles. The fraction of sp³-hybridized carbons (Fsp3) is 0.857. The predicted molar refractivity (Wildman–Crippen MR) is 42.2 cm³/mol. The molecule has 1 aliphatic rings. The lowest BCUT2D eigenvalue weighted by molar-refractivity contribution is -0.131. The highest BCUT2D eigenvalue weighted by Crippen LogP contribution is 2.10. The second-order valence-electron chi connectivity index (χ2n) is 3.17. The number of β-amino-alcohol motifs (C(OH)–C–C–N with tert-alkyl or cyclic N) is 2. The molecule has 0 unspecified atom stereocenters. The van der Waals surface area contributed by atoms with Crippen LogP contribution < -0.4 is 5.73 Å². The van der Waals surface area contributed by atoms with Gasteiger partial charge in [-0.15, -0.1) is 0 Å². The van der Waals surface area contributed by atoms with E-state index in [2.05, 4.69) is 0 Å². The van der Waals surface area contributed by atoms with E-state index in [-0.39, 0.29) is 19.0 Å². The normalized spacial score (nSPS) is 32.2. The highest BCUT2D eigenvalue weighted by atomic mass is 16.3. The molecule has 0 spiro atoms. The Kier molecular flexibility index (Phi) is 2.66. The molecule has 5 nitrogen and oxygen atoms in total. The van der Waals surface area contributed by atoms with Gasteiger partial charge in [-0.25, -0.2) is 0 Å². The van der Waals surface area contributed by atoms with Crippen molar-refractivity contribution in [3.05, 3.63) is 0 Å². The molecule has 12 heavy (non-hydrogen) atoms. The molecule has 0 bridgehead atoms. The van der Waals surface area contributed by atoms with E-state index in [0.29, 0.717) is 0 Å². The van der Waals surface area contributed by atoms with Crippen molar-refractivity contribution in [1.82, 2.24) is 4.90 Å². The van der Waals surface area contributed by atoms with Crippen molar-refractivity contribution in [2.45, 2.75) is 25.2 Å². The Morgan fingerprint density at radius 2 is 1.92 bits per heavy atom. The molecule has 1 saturated heterocycles. The van der Waals surface area contributed by atoms with E-state index in [9.17, 15) is 4.79 Å². The number of carbonyl (C=O) groups excluding carboxylic acids is 1. The molecule has 1 aliphatic heterocycles. The van der Waals surface area contributed by atoms with E-state index >= 15 is 0 Å². The molecule has 1 amide bonds. The van der Waals surface area contributed by atoms with Crippen molar-refractivity contribution in [3.63, 3.8) is 0 Å². The van der Waals surface area contributed by atoms with Crippen molar-refractivity contribution in [1.29, 1.82) is 0 Å². The average molecular weight is 174 g/mol. The number of nitrogens with two attached hydrogens (primary N) is 1. The van der Waals surface area contributed by atoms with Gasteiger partial charge in [-0.3, -0.25) is 4.79 Å². The van der Waals surface area contributed by atoms with Crippen LogP contribution in [0.3, 0.4) is 0 Å². The molecule has 4 N–H and O–H groups in total. The number of nitrogens with zero attached hydrogens (tertiary/aromatic N) is 1. The summed E-state index contributed by atoms with van der Waals surface area (Å²) in [5.41, 5.74) is 5.35. The fourth-order valence-corrected chi connectivity index (χ4v) is 1.24. The molecule has 0 aromatic carbocycles. The Morgan fingerprint density at radius 3 is 2.25 bits per heavy atom. The van der Waals surface area contributed by atoms with Crippen LogP contribution in [0.25, 0.3) is 0 Å². The van der Waals surface area contributed by atoms with Crippen LogP contribution in [-0.4, -0.2) is 52.4 Å². The van der Waals surface area contributed by atoms with E-state index in [1.54, 1.807) is 6.92 Å². The van der Waals surface area contributed by atoms with Crippen LogP contribution in [0.2, 0.25) is 0 Å². The van der Waals surface area contributed by atoms with Gasteiger partial charge < -0.3 is 20.8 Å². The van der Waals surface area contributed by atoms with E-state index < -0.39 is 18.2 Å². The summed E-state index contributed by atoms with van der Waals surface area (Å²) >= 11 is 0. The van der Waals surface area contributed by atoms with Crippen LogP contribution >= 0.6 is 0 Å². The summed E-state index contributed by atoms with van der Waals surface area (Å²) in [7, 11) is 0. The van der Waals surface area contributed by atoms with Gasteiger partial charge in [-0.1, -0.05) is 0 Å². The molecular formula is C7H14N2O3. The van der Waals surface area contributed by atoms with Crippen molar-refractivity contribution in [2.75, 3.05) is 13.1 Å². The first-order valence-electron chi connectivity index (χ1n) is 3.93. The minimum atomic E-state index is -0.826. The van der Waals surface area contributed by atoms with Gasteiger partial charge in [0.2, 0.25) is 5.91 Å². The third-order valence-corrected chi connectivity index (χ3v) is 1.96. The summed E-state index contributed by atoms with van der Waals surface area (Å²) < 4.78 is 0. The zero-order valence-corrected chi connectivity index (χ0v) is 6.97. The van der Waals surface area contributed by atoms with Gasteiger partial charge in [0.05, 0.1) is 18.2 Å². The van der Waals surface area contributed by atoms with Crippen LogP contribution in [0.15, 0.2) is 0 Å². The van der Waals surface area contributed by atoms with Crippen LogP contribution in [0, 0.1) is 0 Å². The molecule has 0 radical (unpaired) electrons. The predicted octanol–water partition coefficient (Wildman–Crippen LogP) is -2.10. The van der Waals surface area contributed by atoms with Crippen molar-refractivity contribution in [2.24, 2.45) is 5.73 Å². The Balaban J connectivity index is 2.52. The van der Waals surface area contributed by atoms with E-state index in [4.69, 9.17) is 15.9 Å². The van der Waals surface area contributed by atoms with Crippen molar-refractivity contribution in [3.8, 4) is 0 Å². The average Bonchev–Trinajstić information content (AvgIpc) is 2.30. The highest BCUT2D eigenvalue weighted by Gasteiger charge is 2.33. The van der Waals surface area contributed by atoms with Crippen LogP contribution in [0.1, 0.15) is 6.92 Å². The first kappa shape index (κ1) is 9.44. The summed E-state index contributed by atoms with van der Waals surface area (Å²) in [4.78, 5) is 12.6. The lowest BCUT2D eigenvalue weighted by Crippen LogP contribution is -2.41. The van der Waals surface area contributed by atoms with Gasteiger partial charge in [-0.2, -0.15) is 0 Å². The summed E-state index contributed by atoms with van der Waals surface area (Å²) in [5, 5.41) is 18.2. The largest absolute Gasteiger partial charge is 0.388 e. The third kappa shape index (κ3) is 1.74. The maximum absolute atomic E-state index is 11.2. The minimum Gasteiger partial charge on any atom is -0.388 e. The SMILES string of the molecule is C[C@H](N)C(=O)N1C[C@@H](O)[C@@H](O)C1. The number of aliphatic hydroxyl groups excluding tert-OH is 2. The number of aliphatic hydroxyl groups is 2. The van der Waals surface area contributed by atoms with Crippen LogP contribution in [-0.2, 0) is 4.79 Å². The standard InChI is InChI=1S/C7H14N2O3/c1-4(8)7(12)9-2-5(10)6(11)3-9/h4-6,10-11H,2-3,8H2,1H3/t4-,5-,6+/m0/s1. The molecule has 1 heterocycles. The van der Waals surface area contributed by atoms with E-state index in [0.717, 1.165) is 0 Å². The van der Waals surface area contributed by atoms with Crippen LogP contribution in [0.4, 0.5) is 0 Å². The van der Waals surface area contributed by atoms with Crippen LogP contribution in [0.5, 0.6) is 0 Å². The number of carbonyl (C=O) groups is 1. The van der Waals surface area contributed by atoms with E-state index in [1.807, 2.05) is 0 Å².